The van der Waals surface area contributed by atoms with E-state index in [1.807, 2.05) is 24.3 Å². The van der Waals surface area contributed by atoms with E-state index < -0.39 is 41.7 Å². The Kier molecular flexibility index (Phi) is 9.46. The van der Waals surface area contributed by atoms with Gasteiger partial charge in [0.1, 0.15) is 12.0 Å². The van der Waals surface area contributed by atoms with Crippen molar-refractivity contribution in [3.05, 3.63) is 137 Å². The zero-order valence-corrected chi connectivity index (χ0v) is 26.4. The van der Waals surface area contributed by atoms with Gasteiger partial charge in [0.15, 0.2) is 0 Å². The van der Waals surface area contributed by atoms with Gasteiger partial charge in [0.05, 0.1) is 5.56 Å². The molecule has 0 radical (unpaired) electrons. The number of benzene rings is 4. The van der Waals surface area contributed by atoms with Gasteiger partial charge in [-0.1, -0.05) is 85.3 Å². The van der Waals surface area contributed by atoms with Crippen LogP contribution >= 0.6 is 0 Å². The molecule has 256 valence electrons. The second-order valence-corrected chi connectivity index (χ2v) is 12.0. The Morgan fingerprint density at radius 1 is 0.680 bits per heavy atom. The number of rotatable bonds is 10. The predicted molar refractivity (Wildman–Crippen MR) is 176 cm³/mol. The van der Waals surface area contributed by atoms with E-state index in [-0.39, 0.29) is 17.9 Å². The van der Waals surface area contributed by atoms with Gasteiger partial charge in [-0.2, -0.15) is 26.3 Å². The fourth-order valence-electron chi connectivity index (χ4n) is 6.49. The Morgan fingerprint density at radius 2 is 1.24 bits per heavy atom. The van der Waals surface area contributed by atoms with Crippen LogP contribution in [0.15, 0.2) is 109 Å². The maximum Gasteiger partial charge on any atom is 0.416 e. The molecule has 2 amide bonds. The monoisotopic (exact) mass is 688 g/mol. The highest BCUT2D eigenvalue weighted by Gasteiger charge is 2.49. The summed E-state index contributed by atoms with van der Waals surface area (Å²) in [5, 5.41) is 4.77. The first kappa shape index (κ1) is 34.3. The topological polar surface area (TPSA) is 84.0 Å². The Hall–Kier alpha value is -5.52. The number of nitrogens with one attached hydrogen (secondary N) is 2. The third kappa shape index (κ3) is 7.10. The van der Waals surface area contributed by atoms with Gasteiger partial charge >= 0.3 is 12.4 Å². The Labute approximate surface area is 283 Å². The highest BCUT2D eigenvalue weighted by atomic mass is 19.4. The minimum absolute atomic E-state index is 0.0282. The fraction of sp³-hybridized carbons (Fsp3) is 0.211. The summed E-state index contributed by atoms with van der Waals surface area (Å²) in [6.07, 6.45) is -4.07. The van der Waals surface area contributed by atoms with E-state index in [4.69, 9.17) is 0 Å². The standard InChI is InChI=1S/C38H30F6N4O2/c39-37(40,41)23-47-34(50)36(31-14-5-3-11-28(31)29-12-4-6-15-32(29)36)20-8-7-9-24-21-45-35(46-22-24)48-33(49)30-13-2-1-10-27(30)25-16-18-26(19-17-25)38(42,43)44/h1-6,10-19,21-22H,7-9,20,23H2,(H,47,50)(H,45,46,48,49). The maximum atomic E-state index is 13.7. The van der Waals surface area contributed by atoms with Crippen molar-refractivity contribution in [3.63, 3.8) is 0 Å². The number of halogens is 6. The van der Waals surface area contributed by atoms with E-state index in [0.29, 0.717) is 41.5 Å². The molecule has 0 spiro atoms. The molecule has 1 aromatic heterocycles. The maximum absolute atomic E-state index is 13.7. The lowest BCUT2D eigenvalue weighted by molar-refractivity contribution is -0.141. The van der Waals surface area contributed by atoms with Gasteiger partial charge in [-0.15, -0.1) is 0 Å². The second-order valence-electron chi connectivity index (χ2n) is 12.0. The molecule has 1 heterocycles. The molecule has 6 nitrogen and oxygen atoms in total. The summed E-state index contributed by atoms with van der Waals surface area (Å²) in [7, 11) is 0. The van der Waals surface area contributed by atoms with Crippen LogP contribution in [0.5, 0.6) is 0 Å². The van der Waals surface area contributed by atoms with Crippen LogP contribution in [0.1, 0.15) is 51.9 Å². The van der Waals surface area contributed by atoms with E-state index in [2.05, 4.69) is 20.6 Å². The molecule has 0 aliphatic heterocycles. The van der Waals surface area contributed by atoms with Crippen LogP contribution in [0.4, 0.5) is 32.3 Å². The third-order valence-electron chi connectivity index (χ3n) is 8.79. The summed E-state index contributed by atoms with van der Waals surface area (Å²) in [6, 6.07) is 25.6. The van der Waals surface area contributed by atoms with Crippen molar-refractivity contribution in [3.8, 4) is 22.3 Å². The molecule has 1 aliphatic rings. The van der Waals surface area contributed by atoms with Gasteiger partial charge < -0.3 is 5.32 Å². The smallest absolute Gasteiger partial charge is 0.346 e. The molecule has 0 fully saturated rings. The number of aromatic nitrogens is 2. The average molecular weight is 689 g/mol. The molecular formula is C38H30F6N4O2. The number of fused-ring (bicyclic) bond motifs is 3. The first-order valence-corrected chi connectivity index (χ1v) is 15.8. The van der Waals surface area contributed by atoms with Crippen LogP contribution < -0.4 is 10.6 Å². The molecule has 0 unspecified atom stereocenters. The van der Waals surface area contributed by atoms with Crippen molar-refractivity contribution in [2.24, 2.45) is 0 Å². The molecular weight excluding hydrogens is 658 g/mol. The van der Waals surface area contributed by atoms with Gasteiger partial charge in [-0.05, 0) is 76.4 Å². The Bertz CT molecular complexity index is 1960. The number of hydrogen-bond donors (Lipinski definition) is 2. The number of anilines is 1. The largest absolute Gasteiger partial charge is 0.416 e. The number of unbranched alkanes of at least 4 members (excludes halogenated alkanes) is 1. The predicted octanol–water partition coefficient (Wildman–Crippen LogP) is 8.77. The van der Waals surface area contributed by atoms with Crippen LogP contribution in [-0.2, 0) is 22.8 Å². The molecule has 0 saturated heterocycles. The van der Waals surface area contributed by atoms with Crippen LogP contribution in [0.2, 0.25) is 0 Å². The van der Waals surface area contributed by atoms with Gasteiger partial charge in [0.2, 0.25) is 11.9 Å². The average Bonchev–Trinajstić information content (AvgIpc) is 3.39. The number of alkyl halides is 6. The minimum atomic E-state index is -4.56. The molecule has 5 aromatic rings. The quantitative estimate of drug-likeness (QED) is 0.114. The van der Waals surface area contributed by atoms with Crippen LogP contribution in [0.3, 0.4) is 0 Å². The van der Waals surface area contributed by atoms with E-state index in [0.717, 1.165) is 28.8 Å². The zero-order chi connectivity index (χ0) is 35.5. The Balaban J connectivity index is 1.12. The summed E-state index contributed by atoms with van der Waals surface area (Å²) in [5.74, 6) is -1.21. The molecule has 1 aliphatic carbocycles. The van der Waals surface area contributed by atoms with Crippen molar-refractivity contribution < 1.29 is 35.9 Å². The van der Waals surface area contributed by atoms with E-state index in [9.17, 15) is 35.9 Å². The lowest BCUT2D eigenvalue weighted by atomic mass is 9.73. The number of hydrogen-bond acceptors (Lipinski definition) is 4. The lowest BCUT2D eigenvalue weighted by Crippen LogP contribution is -2.47. The van der Waals surface area contributed by atoms with E-state index >= 15 is 0 Å². The van der Waals surface area contributed by atoms with E-state index in [1.165, 1.54) is 12.1 Å². The van der Waals surface area contributed by atoms with Crippen molar-refractivity contribution >= 4 is 17.8 Å². The molecule has 50 heavy (non-hydrogen) atoms. The number of aryl methyl sites for hydroxylation is 1. The molecule has 4 aromatic carbocycles. The third-order valence-corrected chi connectivity index (χ3v) is 8.79. The summed E-state index contributed by atoms with van der Waals surface area (Å²) < 4.78 is 78.5. The number of carbonyl (C=O) groups excluding carboxylic acids is 2. The minimum Gasteiger partial charge on any atom is -0.346 e. The van der Waals surface area contributed by atoms with E-state index in [1.54, 1.807) is 60.9 Å². The molecule has 0 bridgehead atoms. The normalized spacial score (nSPS) is 13.3. The summed E-state index contributed by atoms with van der Waals surface area (Å²) in [5.41, 5.74) is 2.73. The number of nitrogens with zero attached hydrogens (tertiary/aromatic N) is 2. The molecule has 0 atom stereocenters. The molecule has 6 rings (SSSR count). The van der Waals surface area contributed by atoms with Crippen LogP contribution in [0.25, 0.3) is 22.3 Å². The summed E-state index contributed by atoms with van der Waals surface area (Å²) in [4.78, 5) is 35.3. The Morgan fingerprint density at radius 3 is 1.82 bits per heavy atom. The first-order valence-electron chi connectivity index (χ1n) is 15.8. The number of carbonyl (C=O) groups is 2. The van der Waals surface area contributed by atoms with Gasteiger partial charge in [-0.3, -0.25) is 14.9 Å². The van der Waals surface area contributed by atoms with Crippen LogP contribution in [-0.4, -0.2) is 34.5 Å². The molecule has 12 heteroatoms. The van der Waals surface area contributed by atoms with Gasteiger partial charge in [-0.25, -0.2) is 9.97 Å². The highest BCUT2D eigenvalue weighted by molar-refractivity contribution is 6.08. The number of amides is 2. The first-order chi connectivity index (χ1) is 23.9. The molecule has 2 N–H and O–H groups in total. The SMILES string of the molecule is O=C(Nc1ncc(CCCCC2(C(=O)NCC(F)(F)F)c3ccccc3-c3ccccc32)cn1)c1ccccc1-c1ccc(C(F)(F)F)cc1. The lowest BCUT2D eigenvalue weighted by Gasteiger charge is -2.31. The summed E-state index contributed by atoms with van der Waals surface area (Å²) in [6.45, 7) is -1.43. The van der Waals surface area contributed by atoms with Crippen molar-refractivity contribution in [2.75, 3.05) is 11.9 Å². The van der Waals surface area contributed by atoms with Crippen molar-refractivity contribution in [1.82, 2.24) is 15.3 Å². The fourth-order valence-corrected chi connectivity index (χ4v) is 6.49. The zero-order valence-electron chi connectivity index (χ0n) is 26.4. The highest BCUT2D eigenvalue weighted by Crippen LogP contribution is 2.51. The van der Waals surface area contributed by atoms with Crippen molar-refractivity contribution in [1.29, 1.82) is 0 Å². The van der Waals surface area contributed by atoms with Gasteiger partial charge in [0.25, 0.3) is 5.91 Å². The van der Waals surface area contributed by atoms with Crippen LogP contribution in [0, 0.1) is 0 Å². The van der Waals surface area contributed by atoms with Gasteiger partial charge in [0, 0.05) is 18.0 Å². The second kappa shape index (κ2) is 13.8. The molecule has 0 saturated carbocycles. The van der Waals surface area contributed by atoms with Crippen molar-refractivity contribution in [2.45, 2.75) is 43.5 Å². The summed E-state index contributed by atoms with van der Waals surface area (Å²) >= 11 is 0.